The van der Waals surface area contributed by atoms with Gasteiger partial charge in [-0.2, -0.15) is 0 Å². The van der Waals surface area contributed by atoms with E-state index >= 15 is 0 Å². The number of carbonyl (C=O) groups excluding carboxylic acids is 2. The van der Waals surface area contributed by atoms with Gasteiger partial charge >= 0.3 is 5.97 Å². The Morgan fingerprint density at radius 3 is 2.75 bits per heavy atom. The summed E-state index contributed by atoms with van der Waals surface area (Å²) < 4.78 is 10.2. The second-order valence-corrected chi connectivity index (χ2v) is 5.97. The third-order valence-electron chi connectivity index (χ3n) is 4.28. The second kappa shape index (κ2) is 7.45. The lowest BCUT2D eigenvalue weighted by molar-refractivity contribution is -0.146. The summed E-state index contributed by atoms with van der Waals surface area (Å²) in [6, 6.07) is 13.3. The van der Waals surface area contributed by atoms with Crippen molar-refractivity contribution >= 4 is 22.6 Å². The molecule has 0 unspecified atom stereocenters. The van der Waals surface area contributed by atoms with E-state index < -0.39 is 18.1 Å². The summed E-state index contributed by atoms with van der Waals surface area (Å²) >= 11 is 0. The Kier molecular flexibility index (Phi) is 5.11. The number of hydrogen-bond donors (Lipinski definition) is 1. The number of rotatable bonds is 5. The maximum Gasteiger partial charge on any atom is 0.328 e. The Morgan fingerprint density at radius 2 is 2.04 bits per heavy atom. The van der Waals surface area contributed by atoms with E-state index in [-0.39, 0.29) is 5.91 Å². The third kappa shape index (κ3) is 3.74. The highest BCUT2D eigenvalue weighted by molar-refractivity contribution is 5.87. The van der Waals surface area contributed by atoms with Crippen molar-refractivity contribution < 1.29 is 19.1 Å². The quantitative estimate of drug-likeness (QED) is 0.855. The number of carbonyl (C=O) groups is 2. The van der Waals surface area contributed by atoms with Gasteiger partial charge in [-0.25, -0.2) is 4.79 Å². The van der Waals surface area contributed by atoms with E-state index in [2.05, 4.69) is 5.32 Å². The number of esters is 1. The highest BCUT2D eigenvalue weighted by atomic mass is 16.5. The standard InChI is InChI=1S/C19H21NO4/c1-23-19(22)16(20-18(21)17-7-4-10-24-17)12-13-8-9-14-5-2-3-6-15(14)11-13/h2-3,5-6,8-9,11,16-17H,4,7,10,12H2,1H3,(H,20,21)/t16-,17-/m1/s1. The van der Waals surface area contributed by atoms with Crippen molar-refractivity contribution in [2.75, 3.05) is 13.7 Å². The lowest BCUT2D eigenvalue weighted by Gasteiger charge is -2.19. The molecule has 5 nitrogen and oxygen atoms in total. The van der Waals surface area contributed by atoms with Gasteiger partial charge in [0.2, 0.25) is 5.91 Å². The van der Waals surface area contributed by atoms with Crippen LogP contribution in [0, 0.1) is 0 Å². The van der Waals surface area contributed by atoms with Crippen molar-refractivity contribution in [3.8, 4) is 0 Å². The van der Waals surface area contributed by atoms with Gasteiger partial charge < -0.3 is 14.8 Å². The van der Waals surface area contributed by atoms with Crippen molar-refractivity contribution in [1.82, 2.24) is 5.32 Å². The molecule has 1 N–H and O–H groups in total. The van der Waals surface area contributed by atoms with Gasteiger partial charge in [0.25, 0.3) is 0 Å². The Labute approximate surface area is 140 Å². The first-order valence-corrected chi connectivity index (χ1v) is 8.15. The molecular weight excluding hydrogens is 306 g/mol. The normalized spacial score (nSPS) is 18.3. The van der Waals surface area contributed by atoms with Crippen LogP contribution >= 0.6 is 0 Å². The molecule has 1 aliphatic heterocycles. The third-order valence-corrected chi connectivity index (χ3v) is 4.28. The molecule has 0 saturated carbocycles. The summed E-state index contributed by atoms with van der Waals surface area (Å²) in [5, 5.41) is 5.01. The zero-order chi connectivity index (χ0) is 16.9. The Bertz CT molecular complexity index is 737. The molecule has 0 spiro atoms. The monoisotopic (exact) mass is 327 g/mol. The van der Waals surface area contributed by atoms with Crippen LogP contribution in [0.1, 0.15) is 18.4 Å². The van der Waals surface area contributed by atoms with Crippen LogP contribution in [0.5, 0.6) is 0 Å². The summed E-state index contributed by atoms with van der Waals surface area (Å²) in [5.74, 6) is -0.696. The molecule has 0 aromatic heterocycles. The van der Waals surface area contributed by atoms with Crippen molar-refractivity contribution in [2.45, 2.75) is 31.4 Å². The predicted octanol–water partition coefficient (Wildman–Crippen LogP) is 2.22. The summed E-state index contributed by atoms with van der Waals surface area (Å²) in [6.07, 6.45) is 1.48. The van der Waals surface area contributed by atoms with Gasteiger partial charge in [-0.1, -0.05) is 42.5 Å². The first-order chi connectivity index (χ1) is 11.7. The summed E-state index contributed by atoms with van der Waals surface area (Å²) in [5.41, 5.74) is 0.969. The molecule has 1 amide bonds. The summed E-state index contributed by atoms with van der Waals surface area (Å²) in [6.45, 7) is 0.589. The zero-order valence-electron chi connectivity index (χ0n) is 13.7. The minimum atomic E-state index is -0.715. The Balaban J connectivity index is 1.75. The van der Waals surface area contributed by atoms with Crippen molar-refractivity contribution in [1.29, 1.82) is 0 Å². The smallest absolute Gasteiger partial charge is 0.328 e. The topological polar surface area (TPSA) is 64.6 Å². The molecular formula is C19H21NO4. The van der Waals surface area contributed by atoms with Gasteiger partial charge in [-0.3, -0.25) is 4.79 Å². The van der Waals surface area contributed by atoms with Crippen molar-refractivity contribution in [3.05, 3.63) is 48.0 Å². The first-order valence-electron chi connectivity index (χ1n) is 8.15. The fourth-order valence-electron chi connectivity index (χ4n) is 2.99. The molecule has 1 fully saturated rings. The molecule has 1 heterocycles. The molecule has 0 aliphatic carbocycles. The van der Waals surface area contributed by atoms with Crippen LogP contribution in [0.15, 0.2) is 42.5 Å². The minimum absolute atomic E-state index is 0.247. The molecule has 1 saturated heterocycles. The Morgan fingerprint density at radius 1 is 1.25 bits per heavy atom. The number of methoxy groups -OCH3 is 1. The SMILES string of the molecule is COC(=O)[C@@H](Cc1ccc2ccccc2c1)NC(=O)[C@H]1CCCO1. The zero-order valence-corrected chi connectivity index (χ0v) is 13.7. The van der Waals surface area contributed by atoms with Gasteiger partial charge in [0.15, 0.2) is 0 Å². The maximum absolute atomic E-state index is 12.2. The molecule has 24 heavy (non-hydrogen) atoms. The fraction of sp³-hybridized carbons (Fsp3) is 0.368. The number of hydrogen-bond acceptors (Lipinski definition) is 4. The van der Waals surface area contributed by atoms with Crippen LogP contribution < -0.4 is 5.32 Å². The number of nitrogens with one attached hydrogen (secondary N) is 1. The van der Waals surface area contributed by atoms with Gasteiger partial charge in [0, 0.05) is 13.0 Å². The minimum Gasteiger partial charge on any atom is -0.467 e. The van der Waals surface area contributed by atoms with E-state index in [4.69, 9.17) is 9.47 Å². The van der Waals surface area contributed by atoms with Gasteiger partial charge in [-0.15, -0.1) is 0 Å². The summed E-state index contributed by atoms with van der Waals surface area (Å²) in [4.78, 5) is 24.3. The molecule has 3 rings (SSSR count). The van der Waals surface area contributed by atoms with Crippen molar-refractivity contribution in [2.24, 2.45) is 0 Å². The number of fused-ring (bicyclic) bond motifs is 1. The number of amides is 1. The van der Waals surface area contributed by atoms with E-state index in [0.717, 1.165) is 22.8 Å². The average molecular weight is 327 g/mol. The first kappa shape index (κ1) is 16.5. The van der Waals surface area contributed by atoms with E-state index in [1.165, 1.54) is 7.11 Å². The highest BCUT2D eigenvalue weighted by Gasteiger charge is 2.29. The number of benzene rings is 2. The van der Waals surface area contributed by atoms with E-state index in [0.29, 0.717) is 19.4 Å². The second-order valence-electron chi connectivity index (χ2n) is 5.97. The van der Waals surface area contributed by atoms with Crippen LogP contribution in [0.2, 0.25) is 0 Å². The predicted molar refractivity (Wildman–Crippen MR) is 90.6 cm³/mol. The van der Waals surface area contributed by atoms with E-state index in [1.807, 2.05) is 42.5 Å². The Hall–Kier alpha value is -2.40. The summed E-state index contributed by atoms with van der Waals surface area (Å²) in [7, 11) is 1.33. The van der Waals surface area contributed by atoms with Gasteiger partial charge in [-0.05, 0) is 29.2 Å². The van der Waals surface area contributed by atoms with Crippen LogP contribution in [0.4, 0.5) is 0 Å². The van der Waals surface area contributed by atoms with E-state index in [1.54, 1.807) is 0 Å². The fourth-order valence-corrected chi connectivity index (χ4v) is 2.99. The van der Waals surface area contributed by atoms with Gasteiger partial charge in [0.1, 0.15) is 12.1 Å². The van der Waals surface area contributed by atoms with Gasteiger partial charge in [0.05, 0.1) is 7.11 Å². The van der Waals surface area contributed by atoms with Crippen LogP contribution in [0.3, 0.4) is 0 Å². The largest absolute Gasteiger partial charge is 0.467 e. The number of ether oxygens (including phenoxy) is 2. The average Bonchev–Trinajstić information content (AvgIpc) is 3.15. The maximum atomic E-state index is 12.2. The molecule has 0 radical (unpaired) electrons. The molecule has 5 heteroatoms. The van der Waals surface area contributed by atoms with Crippen LogP contribution in [-0.4, -0.2) is 37.7 Å². The lowest BCUT2D eigenvalue weighted by atomic mass is 10.0. The molecule has 0 bridgehead atoms. The molecule has 2 atom stereocenters. The van der Waals surface area contributed by atoms with E-state index in [9.17, 15) is 9.59 Å². The van der Waals surface area contributed by atoms with Crippen LogP contribution in [-0.2, 0) is 25.5 Å². The van der Waals surface area contributed by atoms with Crippen LogP contribution in [0.25, 0.3) is 10.8 Å². The molecule has 1 aliphatic rings. The lowest BCUT2D eigenvalue weighted by Crippen LogP contribution is -2.47. The van der Waals surface area contributed by atoms with Crippen molar-refractivity contribution in [3.63, 3.8) is 0 Å². The molecule has 2 aromatic carbocycles. The molecule has 126 valence electrons. The molecule has 2 aromatic rings. The highest BCUT2D eigenvalue weighted by Crippen LogP contribution is 2.17.